The topological polar surface area (TPSA) is 172 Å². The number of fused-ring (bicyclic) bond motifs is 1. The van der Waals surface area contributed by atoms with E-state index in [2.05, 4.69) is 25.8 Å². The first-order chi connectivity index (χ1) is 16.2. The number of thioether (sulfide) groups is 2. The van der Waals surface area contributed by atoms with Crippen LogP contribution in [0.4, 0.5) is 5.13 Å². The number of aromatic nitrogens is 5. The Hall–Kier alpha value is -2.11. The van der Waals surface area contributed by atoms with E-state index in [9.17, 15) is 19.5 Å². The number of nitrogens with one attached hydrogen (secondary N) is 1. The van der Waals surface area contributed by atoms with Crippen molar-refractivity contribution in [1.82, 2.24) is 40.3 Å². The molecule has 2 aromatic heterocycles. The van der Waals surface area contributed by atoms with Gasteiger partial charge in [-0.1, -0.05) is 11.8 Å². The molecular weight excluding hydrogens is 573 g/mol. The molecule has 2 aliphatic rings. The molecule has 0 radical (unpaired) electrons. The van der Waals surface area contributed by atoms with Crippen LogP contribution in [0.5, 0.6) is 0 Å². The third-order valence-corrected chi connectivity index (χ3v) is 8.22. The Morgan fingerprint density at radius 2 is 2.11 bits per heavy atom. The van der Waals surface area contributed by atoms with Gasteiger partial charge in [-0.3, -0.25) is 14.5 Å². The van der Waals surface area contributed by atoms with Gasteiger partial charge < -0.3 is 21.1 Å². The first-order valence-corrected chi connectivity index (χ1v) is 13.1. The van der Waals surface area contributed by atoms with Crippen molar-refractivity contribution >= 4 is 82.6 Å². The summed E-state index contributed by atoms with van der Waals surface area (Å²) >= 11 is 3.98. The number of likely N-dealkylation sites (N-methyl/N-ethyl adjacent to an activating group) is 1. The number of hydrogen-bond acceptors (Lipinski definition) is 12. The van der Waals surface area contributed by atoms with Gasteiger partial charge in [0.25, 0.3) is 5.91 Å². The zero-order chi connectivity index (χ0) is 24.4. The maximum absolute atomic E-state index is 12.8. The zero-order valence-electron chi connectivity index (χ0n) is 19.2. The highest BCUT2D eigenvalue weighted by Crippen LogP contribution is 2.41. The number of amides is 2. The van der Waals surface area contributed by atoms with E-state index in [0.29, 0.717) is 39.6 Å². The van der Waals surface area contributed by atoms with Gasteiger partial charge in [0.2, 0.25) is 11.1 Å². The number of anilines is 1. The molecule has 2 aromatic rings. The van der Waals surface area contributed by atoms with Crippen molar-refractivity contribution in [3.05, 3.63) is 22.3 Å². The molecule has 0 aliphatic carbocycles. The molecule has 1 saturated heterocycles. The summed E-state index contributed by atoms with van der Waals surface area (Å²) in [5, 5.41) is 26.4. The van der Waals surface area contributed by atoms with E-state index in [1.165, 1.54) is 39.8 Å². The SMILES string of the molecule is CN(C)CCn1nnnc1SCC1=C(C(=O)O)N2C(=O)[C@@H](NC(=O)Cc3csc(N)n3)[C@H]2SC1.Cl.Cl. The van der Waals surface area contributed by atoms with Crippen LogP contribution in [-0.4, -0.2) is 101 Å². The number of tetrazole rings is 1. The Morgan fingerprint density at radius 1 is 1.36 bits per heavy atom. The van der Waals surface area contributed by atoms with Crippen LogP contribution < -0.4 is 11.1 Å². The number of rotatable bonds is 10. The number of carbonyl (C=O) groups excluding carboxylic acids is 2. The van der Waals surface area contributed by atoms with Crippen LogP contribution in [0.15, 0.2) is 21.8 Å². The Morgan fingerprint density at radius 3 is 2.75 bits per heavy atom. The smallest absolute Gasteiger partial charge is 0.352 e. The van der Waals surface area contributed by atoms with Crippen LogP contribution >= 0.6 is 59.7 Å². The minimum Gasteiger partial charge on any atom is -0.477 e. The van der Waals surface area contributed by atoms with Crippen molar-refractivity contribution in [3.63, 3.8) is 0 Å². The Balaban J connectivity index is 0.00000228. The quantitative estimate of drug-likeness (QED) is 0.251. The monoisotopic (exact) mass is 597 g/mol. The minimum atomic E-state index is -1.18. The van der Waals surface area contributed by atoms with E-state index in [1.54, 1.807) is 10.1 Å². The Bertz CT molecular complexity index is 1140. The van der Waals surface area contributed by atoms with E-state index in [0.717, 1.165) is 6.54 Å². The van der Waals surface area contributed by atoms with Crippen molar-refractivity contribution in [2.24, 2.45) is 0 Å². The summed E-state index contributed by atoms with van der Waals surface area (Å²) in [4.78, 5) is 44.5. The molecule has 0 unspecified atom stereocenters. The lowest BCUT2D eigenvalue weighted by Gasteiger charge is -2.49. The fraction of sp³-hybridized carbons (Fsp3) is 0.500. The molecule has 4 rings (SSSR count). The molecule has 2 aliphatic heterocycles. The molecular formula is C18H25Cl2N9O4S3. The third kappa shape index (κ3) is 6.60. The fourth-order valence-electron chi connectivity index (χ4n) is 3.47. The van der Waals surface area contributed by atoms with E-state index in [4.69, 9.17) is 5.73 Å². The minimum absolute atomic E-state index is 0. The van der Waals surface area contributed by atoms with Crippen LogP contribution in [0.25, 0.3) is 0 Å². The van der Waals surface area contributed by atoms with Gasteiger partial charge in [0.1, 0.15) is 17.1 Å². The van der Waals surface area contributed by atoms with E-state index >= 15 is 0 Å². The lowest BCUT2D eigenvalue weighted by molar-refractivity contribution is -0.150. The highest BCUT2D eigenvalue weighted by atomic mass is 35.5. The van der Waals surface area contributed by atoms with Crippen LogP contribution in [0.3, 0.4) is 0 Å². The molecule has 2 atom stereocenters. The lowest BCUT2D eigenvalue weighted by Crippen LogP contribution is -2.70. The highest BCUT2D eigenvalue weighted by Gasteiger charge is 2.54. The summed E-state index contributed by atoms with van der Waals surface area (Å²) in [5.74, 6) is -1.24. The van der Waals surface area contributed by atoms with Crippen molar-refractivity contribution < 1.29 is 19.5 Å². The van der Waals surface area contributed by atoms with Crippen LogP contribution in [-0.2, 0) is 27.3 Å². The van der Waals surface area contributed by atoms with Crippen LogP contribution in [0.2, 0.25) is 0 Å². The van der Waals surface area contributed by atoms with E-state index in [-0.39, 0.29) is 42.8 Å². The molecule has 13 nitrogen and oxygen atoms in total. The number of carbonyl (C=O) groups is 3. The normalized spacial score (nSPS) is 18.8. The van der Waals surface area contributed by atoms with Crippen LogP contribution in [0, 0.1) is 0 Å². The van der Waals surface area contributed by atoms with Crippen molar-refractivity contribution in [3.8, 4) is 0 Å². The lowest BCUT2D eigenvalue weighted by atomic mass is 10.0. The van der Waals surface area contributed by atoms with Crippen molar-refractivity contribution in [1.29, 1.82) is 0 Å². The molecule has 4 N–H and O–H groups in total. The number of halogens is 2. The summed E-state index contributed by atoms with van der Waals surface area (Å²) in [5.41, 5.74) is 6.68. The second-order valence-electron chi connectivity index (χ2n) is 7.84. The number of nitrogens with zero attached hydrogens (tertiary/aromatic N) is 7. The molecule has 0 saturated carbocycles. The highest BCUT2D eigenvalue weighted by molar-refractivity contribution is 8.01. The molecule has 2 amide bonds. The number of nitrogen functional groups attached to an aromatic ring is 1. The first-order valence-electron chi connectivity index (χ1n) is 10.2. The van der Waals surface area contributed by atoms with Gasteiger partial charge in [-0.25, -0.2) is 14.5 Å². The second kappa shape index (κ2) is 12.9. The number of aliphatic carboxylic acids is 1. The molecule has 4 heterocycles. The van der Waals surface area contributed by atoms with Gasteiger partial charge >= 0.3 is 5.97 Å². The van der Waals surface area contributed by atoms with Gasteiger partial charge in [-0.2, -0.15) is 0 Å². The maximum Gasteiger partial charge on any atom is 0.352 e. The number of carboxylic acid groups (broad SMARTS) is 1. The third-order valence-electron chi connectivity index (χ3n) is 5.11. The fourth-order valence-corrected chi connectivity index (χ4v) is 6.42. The Labute approximate surface area is 231 Å². The summed E-state index contributed by atoms with van der Waals surface area (Å²) in [6, 6.07) is -0.782. The number of hydrogen-bond donors (Lipinski definition) is 3. The van der Waals surface area contributed by atoms with Gasteiger partial charge in [-0.15, -0.1) is 53.0 Å². The molecule has 0 bridgehead atoms. The summed E-state index contributed by atoms with van der Waals surface area (Å²) in [6.45, 7) is 1.36. The van der Waals surface area contributed by atoms with Crippen molar-refractivity contribution in [2.75, 3.05) is 37.9 Å². The summed E-state index contributed by atoms with van der Waals surface area (Å²) in [7, 11) is 3.90. The van der Waals surface area contributed by atoms with E-state index < -0.39 is 23.3 Å². The molecule has 36 heavy (non-hydrogen) atoms. The average Bonchev–Trinajstić information content (AvgIpc) is 3.41. The standard InChI is InChI=1S/C18H23N9O4S3.2ClH/c1-25(2)3-4-26-18(22-23-24-26)34-7-9-6-32-15-12(14(29)27(15)13(9)16(30)31)21-11(28)5-10-8-33-17(19)20-10;;/h8,12,15H,3-7H2,1-2H3,(H2,19,20)(H,21,28)(H,30,31);2*1H/t12-,15-;;/m1../s1. The average molecular weight is 599 g/mol. The molecule has 0 aromatic carbocycles. The van der Waals surface area contributed by atoms with Gasteiger partial charge in [0.15, 0.2) is 5.13 Å². The predicted molar refractivity (Wildman–Crippen MR) is 142 cm³/mol. The number of thiazole rings is 1. The maximum atomic E-state index is 12.8. The van der Waals surface area contributed by atoms with Gasteiger partial charge in [0.05, 0.1) is 18.7 Å². The summed E-state index contributed by atoms with van der Waals surface area (Å²) in [6.07, 6.45) is 0.000917. The first kappa shape index (κ1) is 30.1. The molecule has 1 fully saturated rings. The number of β-lactam (4-membered cyclic amide) rings is 1. The number of nitrogens with two attached hydrogens (primary N) is 1. The van der Waals surface area contributed by atoms with Crippen LogP contribution in [0.1, 0.15) is 5.69 Å². The second-order valence-corrected chi connectivity index (χ2v) is 10.8. The largest absolute Gasteiger partial charge is 0.477 e. The number of carboxylic acids is 1. The van der Waals surface area contributed by atoms with Gasteiger partial charge in [0, 0.05) is 23.4 Å². The van der Waals surface area contributed by atoms with E-state index in [1.807, 2.05) is 19.0 Å². The molecule has 198 valence electrons. The predicted octanol–water partition coefficient (Wildman–Crippen LogP) is 0.190. The molecule has 18 heteroatoms. The molecule has 0 spiro atoms. The summed E-state index contributed by atoms with van der Waals surface area (Å²) < 4.78 is 1.67. The van der Waals surface area contributed by atoms with Gasteiger partial charge in [-0.05, 0) is 30.1 Å². The Kier molecular flexibility index (Phi) is 10.8. The van der Waals surface area contributed by atoms with Crippen molar-refractivity contribution in [2.45, 2.75) is 29.5 Å². The zero-order valence-corrected chi connectivity index (χ0v) is 23.3.